The SMILES string of the molecule is CN(C)CC1CCC(CN(C)C)CC1.CN(C)CCCCN(C)C. The summed E-state index contributed by atoms with van der Waals surface area (Å²) in [5, 5.41) is 0. The zero-order chi connectivity index (χ0) is 18.5. The maximum atomic E-state index is 2.33. The van der Waals surface area contributed by atoms with Crippen molar-refractivity contribution in [3.05, 3.63) is 0 Å². The van der Waals surface area contributed by atoms with Gasteiger partial charge in [-0.15, -0.1) is 0 Å². The summed E-state index contributed by atoms with van der Waals surface area (Å²) in [4.78, 5) is 9.12. The van der Waals surface area contributed by atoms with Crippen LogP contribution in [0.1, 0.15) is 38.5 Å². The van der Waals surface area contributed by atoms with E-state index in [4.69, 9.17) is 0 Å². The standard InChI is InChI=1S/C12H26N2.C8H20N2/c1-13(2)9-11-5-7-12(8-6-11)10-14(3)4;1-9(2)7-5-6-8-10(3)4/h11-12H,5-10H2,1-4H3;5-8H2,1-4H3. The monoisotopic (exact) mass is 342 g/mol. The first-order chi connectivity index (χ1) is 11.2. The van der Waals surface area contributed by atoms with E-state index in [9.17, 15) is 0 Å². The summed E-state index contributed by atoms with van der Waals surface area (Å²) in [7, 11) is 17.2. The zero-order valence-electron chi connectivity index (χ0n) is 18.0. The van der Waals surface area contributed by atoms with Crippen LogP contribution in [0.5, 0.6) is 0 Å². The summed E-state index contributed by atoms with van der Waals surface area (Å²) in [5.74, 6) is 1.92. The van der Waals surface area contributed by atoms with Crippen molar-refractivity contribution in [1.82, 2.24) is 19.6 Å². The van der Waals surface area contributed by atoms with Crippen LogP contribution in [0.25, 0.3) is 0 Å². The molecule has 0 bridgehead atoms. The van der Waals surface area contributed by atoms with Crippen molar-refractivity contribution in [1.29, 1.82) is 0 Å². The summed E-state index contributed by atoms with van der Waals surface area (Å²) in [5.41, 5.74) is 0. The molecule has 0 aliphatic heterocycles. The molecule has 0 aromatic carbocycles. The lowest BCUT2D eigenvalue weighted by Gasteiger charge is -2.31. The van der Waals surface area contributed by atoms with Gasteiger partial charge in [0.2, 0.25) is 0 Å². The van der Waals surface area contributed by atoms with Crippen molar-refractivity contribution < 1.29 is 0 Å². The molecule has 1 fully saturated rings. The van der Waals surface area contributed by atoms with Gasteiger partial charge in [-0.1, -0.05) is 0 Å². The normalized spacial score (nSPS) is 21.5. The van der Waals surface area contributed by atoms with Crippen molar-refractivity contribution in [2.45, 2.75) is 38.5 Å². The maximum absolute atomic E-state index is 2.33. The van der Waals surface area contributed by atoms with E-state index in [-0.39, 0.29) is 0 Å². The van der Waals surface area contributed by atoms with Crippen LogP contribution in [0.4, 0.5) is 0 Å². The maximum Gasteiger partial charge on any atom is 0.000356 e. The second-order valence-electron chi connectivity index (χ2n) is 8.72. The first-order valence-electron chi connectivity index (χ1n) is 9.79. The summed E-state index contributed by atoms with van der Waals surface area (Å²) in [6.07, 6.45) is 8.39. The van der Waals surface area contributed by atoms with Gasteiger partial charge in [0, 0.05) is 13.1 Å². The summed E-state index contributed by atoms with van der Waals surface area (Å²) >= 11 is 0. The summed E-state index contributed by atoms with van der Waals surface area (Å²) in [6, 6.07) is 0. The summed E-state index contributed by atoms with van der Waals surface area (Å²) in [6.45, 7) is 5.01. The predicted octanol–water partition coefficient (Wildman–Crippen LogP) is 2.81. The molecule has 0 aromatic rings. The molecule has 0 amide bonds. The van der Waals surface area contributed by atoms with Crippen molar-refractivity contribution in [3.63, 3.8) is 0 Å². The largest absolute Gasteiger partial charge is 0.309 e. The van der Waals surface area contributed by atoms with Gasteiger partial charge in [-0.25, -0.2) is 0 Å². The Kier molecular flexibility index (Phi) is 14.0. The van der Waals surface area contributed by atoms with Gasteiger partial charge in [0.25, 0.3) is 0 Å². The molecule has 4 heteroatoms. The molecule has 0 heterocycles. The molecule has 0 saturated heterocycles. The van der Waals surface area contributed by atoms with Gasteiger partial charge >= 0.3 is 0 Å². The molecule has 0 N–H and O–H groups in total. The van der Waals surface area contributed by atoms with Crippen molar-refractivity contribution in [2.24, 2.45) is 11.8 Å². The minimum Gasteiger partial charge on any atom is -0.309 e. The van der Waals surface area contributed by atoms with Crippen LogP contribution >= 0.6 is 0 Å². The van der Waals surface area contributed by atoms with Gasteiger partial charge in [0.15, 0.2) is 0 Å². The Morgan fingerprint density at radius 3 is 1.00 bits per heavy atom. The van der Waals surface area contributed by atoms with Crippen LogP contribution < -0.4 is 0 Å². The van der Waals surface area contributed by atoms with E-state index < -0.39 is 0 Å². The quantitative estimate of drug-likeness (QED) is 0.597. The van der Waals surface area contributed by atoms with Gasteiger partial charge in [0.05, 0.1) is 0 Å². The van der Waals surface area contributed by atoms with Crippen LogP contribution in [-0.2, 0) is 0 Å². The van der Waals surface area contributed by atoms with Gasteiger partial charge in [-0.2, -0.15) is 0 Å². The number of unbranched alkanes of at least 4 members (excludes halogenated alkanes) is 1. The lowest BCUT2D eigenvalue weighted by Crippen LogP contribution is -2.29. The van der Waals surface area contributed by atoms with Crippen molar-refractivity contribution >= 4 is 0 Å². The Hall–Kier alpha value is -0.160. The Bertz CT molecular complexity index is 241. The molecule has 0 atom stereocenters. The van der Waals surface area contributed by atoms with Crippen LogP contribution in [0, 0.1) is 11.8 Å². The van der Waals surface area contributed by atoms with E-state index in [2.05, 4.69) is 76.0 Å². The van der Waals surface area contributed by atoms with Gasteiger partial charge < -0.3 is 19.6 Å². The van der Waals surface area contributed by atoms with Crippen molar-refractivity contribution in [3.8, 4) is 0 Å². The lowest BCUT2D eigenvalue weighted by atomic mass is 9.81. The van der Waals surface area contributed by atoms with Crippen LogP contribution in [0.3, 0.4) is 0 Å². The van der Waals surface area contributed by atoms with Crippen LogP contribution in [0.15, 0.2) is 0 Å². The fraction of sp³-hybridized carbons (Fsp3) is 1.00. The molecule has 1 rings (SSSR count). The Labute approximate surface area is 153 Å². The highest BCUT2D eigenvalue weighted by Crippen LogP contribution is 2.29. The third-order valence-corrected chi connectivity index (χ3v) is 4.67. The Morgan fingerprint density at radius 2 is 0.792 bits per heavy atom. The number of hydrogen-bond donors (Lipinski definition) is 0. The molecule has 1 saturated carbocycles. The number of hydrogen-bond acceptors (Lipinski definition) is 4. The molecule has 0 aromatic heterocycles. The summed E-state index contributed by atoms with van der Waals surface area (Å²) < 4.78 is 0. The van der Waals surface area contributed by atoms with E-state index in [0.717, 1.165) is 11.8 Å². The average Bonchev–Trinajstić information content (AvgIpc) is 2.45. The number of nitrogens with zero attached hydrogens (tertiary/aromatic N) is 4. The highest BCUT2D eigenvalue weighted by molar-refractivity contribution is 4.75. The van der Waals surface area contributed by atoms with E-state index in [0.29, 0.717) is 0 Å². The fourth-order valence-corrected chi connectivity index (χ4v) is 3.49. The minimum atomic E-state index is 0.961. The first-order valence-corrected chi connectivity index (χ1v) is 9.79. The topological polar surface area (TPSA) is 13.0 Å². The molecule has 24 heavy (non-hydrogen) atoms. The fourth-order valence-electron chi connectivity index (χ4n) is 3.49. The molecule has 0 spiro atoms. The number of rotatable bonds is 9. The first kappa shape index (κ1) is 23.8. The molecule has 0 unspecified atom stereocenters. The zero-order valence-corrected chi connectivity index (χ0v) is 18.0. The third-order valence-electron chi connectivity index (χ3n) is 4.67. The molecule has 1 aliphatic carbocycles. The highest BCUT2D eigenvalue weighted by atomic mass is 15.1. The molecule has 1 aliphatic rings. The van der Waals surface area contributed by atoms with E-state index >= 15 is 0 Å². The van der Waals surface area contributed by atoms with E-state index in [1.807, 2.05) is 0 Å². The van der Waals surface area contributed by atoms with Gasteiger partial charge in [-0.05, 0) is 120 Å². The molecule has 0 radical (unpaired) electrons. The Morgan fingerprint density at radius 1 is 0.500 bits per heavy atom. The van der Waals surface area contributed by atoms with Crippen LogP contribution in [0.2, 0.25) is 0 Å². The predicted molar refractivity (Wildman–Crippen MR) is 109 cm³/mol. The van der Waals surface area contributed by atoms with E-state index in [1.54, 1.807) is 0 Å². The van der Waals surface area contributed by atoms with E-state index in [1.165, 1.54) is 64.7 Å². The highest BCUT2D eigenvalue weighted by Gasteiger charge is 2.21. The smallest absolute Gasteiger partial charge is 0.000356 e. The van der Waals surface area contributed by atoms with Gasteiger partial charge in [-0.3, -0.25) is 0 Å². The van der Waals surface area contributed by atoms with Crippen molar-refractivity contribution in [2.75, 3.05) is 82.6 Å². The van der Waals surface area contributed by atoms with Gasteiger partial charge in [0.1, 0.15) is 0 Å². The molecular weight excluding hydrogens is 296 g/mol. The molecule has 4 nitrogen and oxygen atoms in total. The second-order valence-corrected chi connectivity index (χ2v) is 8.72. The Balaban J connectivity index is 0.000000470. The lowest BCUT2D eigenvalue weighted by molar-refractivity contribution is 0.194. The second kappa shape index (κ2) is 14.1. The third kappa shape index (κ3) is 15.4. The molecular formula is C20H46N4. The average molecular weight is 343 g/mol. The molecule has 146 valence electrons. The van der Waals surface area contributed by atoms with Crippen LogP contribution in [-0.4, -0.2) is 102 Å². The minimum absolute atomic E-state index is 0.961.